The monoisotopic (exact) mass is 249 g/mol. The molecule has 1 aliphatic rings. The van der Waals surface area contributed by atoms with Crippen LogP contribution in [0.3, 0.4) is 0 Å². The van der Waals surface area contributed by atoms with Crippen molar-refractivity contribution in [1.29, 1.82) is 0 Å². The molecule has 4 heteroatoms. The lowest BCUT2D eigenvalue weighted by atomic mass is 10.1. The molecule has 1 N–H and O–H groups in total. The molecule has 1 aliphatic heterocycles. The Morgan fingerprint density at radius 3 is 2.72 bits per heavy atom. The molecule has 2 rings (SSSR count). The molecule has 4 nitrogen and oxygen atoms in total. The number of nitrogens with zero attached hydrogens (tertiary/aromatic N) is 1. The van der Waals surface area contributed by atoms with Gasteiger partial charge < -0.3 is 14.7 Å². The van der Waals surface area contributed by atoms with Crippen LogP contribution >= 0.6 is 0 Å². The maximum absolute atomic E-state index is 10.9. The van der Waals surface area contributed by atoms with Gasteiger partial charge in [0.05, 0.1) is 13.0 Å². The summed E-state index contributed by atoms with van der Waals surface area (Å²) in [5.74, 6) is 0.0219. The van der Waals surface area contributed by atoms with E-state index in [-0.39, 0.29) is 5.92 Å². The summed E-state index contributed by atoms with van der Waals surface area (Å²) in [7, 11) is 1.66. The SMILES string of the molecule is COc1ccc(CCN2CCC(C(=O)O)C2)cc1. The van der Waals surface area contributed by atoms with Crippen LogP contribution in [0.5, 0.6) is 5.75 Å². The lowest BCUT2D eigenvalue weighted by molar-refractivity contribution is -0.141. The van der Waals surface area contributed by atoms with Gasteiger partial charge in [0.25, 0.3) is 0 Å². The number of hydrogen-bond acceptors (Lipinski definition) is 3. The third kappa shape index (κ3) is 3.23. The zero-order valence-corrected chi connectivity index (χ0v) is 10.6. The number of carboxylic acid groups (broad SMARTS) is 1. The van der Waals surface area contributed by atoms with Crippen LogP contribution in [0.4, 0.5) is 0 Å². The highest BCUT2D eigenvalue weighted by Crippen LogP contribution is 2.17. The van der Waals surface area contributed by atoms with Gasteiger partial charge >= 0.3 is 5.97 Å². The van der Waals surface area contributed by atoms with Crippen LogP contribution in [0.15, 0.2) is 24.3 Å². The Balaban J connectivity index is 1.79. The molecule has 0 aromatic heterocycles. The largest absolute Gasteiger partial charge is 0.497 e. The molecule has 1 saturated heterocycles. The topological polar surface area (TPSA) is 49.8 Å². The number of hydrogen-bond donors (Lipinski definition) is 1. The van der Waals surface area contributed by atoms with Crippen molar-refractivity contribution in [2.75, 3.05) is 26.7 Å². The van der Waals surface area contributed by atoms with Crippen molar-refractivity contribution in [3.63, 3.8) is 0 Å². The molecule has 1 atom stereocenters. The maximum Gasteiger partial charge on any atom is 0.307 e. The molecule has 1 aromatic carbocycles. The minimum Gasteiger partial charge on any atom is -0.497 e. The summed E-state index contributed by atoms with van der Waals surface area (Å²) in [5, 5.41) is 8.93. The zero-order chi connectivity index (χ0) is 13.0. The predicted octanol–water partition coefficient (Wildman–Crippen LogP) is 1.64. The van der Waals surface area contributed by atoms with Gasteiger partial charge in [-0.2, -0.15) is 0 Å². The summed E-state index contributed by atoms with van der Waals surface area (Å²) >= 11 is 0. The third-order valence-corrected chi connectivity index (χ3v) is 3.50. The molecule has 0 saturated carbocycles. The highest BCUT2D eigenvalue weighted by molar-refractivity contribution is 5.70. The molecule has 98 valence electrons. The van der Waals surface area contributed by atoms with Crippen molar-refractivity contribution < 1.29 is 14.6 Å². The minimum atomic E-state index is -0.665. The second-order valence-corrected chi connectivity index (χ2v) is 4.72. The van der Waals surface area contributed by atoms with Crippen molar-refractivity contribution in [1.82, 2.24) is 4.90 Å². The molecule has 1 aromatic rings. The van der Waals surface area contributed by atoms with Gasteiger partial charge in [0.1, 0.15) is 5.75 Å². The number of carboxylic acids is 1. The van der Waals surface area contributed by atoms with E-state index < -0.39 is 5.97 Å². The Kier molecular flexibility index (Phi) is 4.20. The second kappa shape index (κ2) is 5.87. The molecule has 0 radical (unpaired) electrons. The van der Waals surface area contributed by atoms with Crippen LogP contribution in [0.1, 0.15) is 12.0 Å². The first-order valence-corrected chi connectivity index (χ1v) is 6.27. The fourth-order valence-corrected chi connectivity index (χ4v) is 2.32. The maximum atomic E-state index is 10.9. The van der Waals surface area contributed by atoms with Gasteiger partial charge in [0.15, 0.2) is 0 Å². The first kappa shape index (κ1) is 12.9. The number of aliphatic carboxylic acids is 1. The Hall–Kier alpha value is -1.55. The number of ether oxygens (including phenoxy) is 1. The normalized spacial score (nSPS) is 19.9. The van der Waals surface area contributed by atoms with E-state index in [4.69, 9.17) is 9.84 Å². The van der Waals surface area contributed by atoms with Crippen molar-refractivity contribution in [3.8, 4) is 5.75 Å². The summed E-state index contributed by atoms with van der Waals surface area (Å²) in [5.41, 5.74) is 1.26. The van der Waals surface area contributed by atoms with Gasteiger partial charge in [0.2, 0.25) is 0 Å². The predicted molar refractivity (Wildman–Crippen MR) is 68.9 cm³/mol. The van der Waals surface area contributed by atoms with E-state index in [1.54, 1.807) is 7.11 Å². The van der Waals surface area contributed by atoms with Crippen molar-refractivity contribution in [3.05, 3.63) is 29.8 Å². The van der Waals surface area contributed by atoms with Gasteiger partial charge in [0, 0.05) is 13.1 Å². The smallest absolute Gasteiger partial charge is 0.307 e. The molecule has 1 fully saturated rings. The number of rotatable bonds is 5. The van der Waals surface area contributed by atoms with Crippen LogP contribution in [0.2, 0.25) is 0 Å². The van der Waals surface area contributed by atoms with E-state index >= 15 is 0 Å². The number of carbonyl (C=O) groups is 1. The van der Waals surface area contributed by atoms with E-state index in [1.165, 1.54) is 5.56 Å². The van der Waals surface area contributed by atoms with Gasteiger partial charge in [-0.05, 0) is 37.1 Å². The highest BCUT2D eigenvalue weighted by Gasteiger charge is 2.27. The Labute approximate surface area is 107 Å². The lowest BCUT2D eigenvalue weighted by Gasteiger charge is -2.15. The third-order valence-electron chi connectivity index (χ3n) is 3.50. The fraction of sp³-hybridized carbons (Fsp3) is 0.500. The van der Waals surface area contributed by atoms with Crippen molar-refractivity contribution in [2.24, 2.45) is 5.92 Å². The van der Waals surface area contributed by atoms with E-state index in [9.17, 15) is 4.79 Å². The average Bonchev–Trinajstić information content (AvgIpc) is 2.86. The minimum absolute atomic E-state index is 0.180. The van der Waals surface area contributed by atoms with Gasteiger partial charge in [-0.25, -0.2) is 0 Å². The van der Waals surface area contributed by atoms with Crippen LogP contribution in [-0.2, 0) is 11.2 Å². The summed E-state index contributed by atoms with van der Waals surface area (Å²) in [6.45, 7) is 2.51. The molecular weight excluding hydrogens is 230 g/mol. The van der Waals surface area contributed by atoms with Crippen LogP contribution in [0.25, 0.3) is 0 Å². The van der Waals surface area contributed by atoms with E-state index in [2.05, 4.69) is 17.0 Å². The van der Waals surface area contributed by atoms with Crippen molar-refractivity contribution in [2.45, 2.75) is 12.8 Å². The molecule has 0 aliphatic carbocycles. The summed E-state index contributed by atoms with van der Waals surface area (Å²) in [6, 6.07) is 8.03. The number of likely N-dealkylation sites (tertiary alicyclic amines) is 1. The Morgan fingerprint density at radius 2 is 2.17 bits per heavy atom. The highest BCUT2D eigenvalue weighted by atomic mass is 16.5. The van der Waals surface area contributed by atoms with Gasteiger partial charge in [-0.3, -0.25) is 4.79 Å². The molecular formula is C14H19NO3. The van der Waals surface area contributed by atoms with Crippen LogP contribution in [0, 0.1) is 5.92 Å². The standard InChI is InChI=1S/C14H19NO3/c1-18-13-4-2-11(3-5-13)6-8-15-9-7-12(10-15)14(16)17/h2-5,12H,6-10H2,1H3,(H,16,17). The van der Waals surface area contributed by atoms with E-state index in [1.807, 2.05) is 12.1 Å². The van der Waals surface area contributed by atoms with Gasteiger partial charge in [-0.15, -0.1) is 0 Å². The summed E-state index contributed by atoms with van der Waals surface area (Å²) in [4.78, 5) is 13.1. The summed E-state index contributed by atoms with van der Waals surface area (Å²) < 4.78 is 5.11. The zero-order valence-electron chi connectivity index (χ0n) is 10.6. The molecule has 0 bridgehead atoms. The fourth-order valence-electron chi connectivity index (χ4n) is 2.32. The van der Waals surface area contributed by atoms with E-state index in [0.717, 1.165) is 31.7 Å². The van der Waals surface area contributed by atoms with Gasteiger partial charge in [-0.1, -0.05) is 12.1 Å². The Bertz CT molecular complexity index is 402. The quantitative estimate of drug-likeness (QED) is 0.862. The average molecular weight is 249 g/mol. The molecule has 18 heavy (non-hydrogen) atoms. The second-order valence-electron chi connectivity index (χ2n) is 4.72. The number of benzene rings is 1. The lowest BCUT2D eigenvalue weighted by Crippen LogP contribution is -2.25. The first-order valence-electron chi connectivity index (χ1n) is 6.27. The molecule has 1 unspecified atom stereocenters. The molecule has 0 spiro atoms. The van der Waals surface area contributed by atoms with Crippen molar-refractivity contribution >= 4 is 5.97 Å². The van der Waals surface area contributed by atoms with Crippen LogP contribution in [-0.4, -0.2) is 42.7 Å². The summed E-state index contributed by atoms with van der Waals surface area (Å²) in [6.07, 6.45) is 1.73. The van der Waals surface area contributed by atoms with E-state index in [0.29, 0.717) is 6.54 Å². The first-order chi connectivity index (χ1) is 8.69. The molecule has 0 amide bonds. The number of methoxy groups -OCH3 is 1. The molecule has 1 heterocycles. The van der Waals surface area contributed by atoms with Crippen LogP contribution < -0.4 is 4.74 Å². The Morgan fingerprint density at radius 1 is 1.44 bits per heavy atom.